The van der Waals surface area contributed by atoms with Gasteiger partial charge in [-0.05, 0) is 36.8 Å². The summed E-state index contributed by atoms with van der Waals surface area (Å²) < 4.78 is 16.1. The Balaban J connectivity index is 1.68. The number of benzene rings is 2. The molecular formula is C21H17FN2. The molecule has 0 aromatic heterocycles. The van der Waals surface area contributed by atoms with Crippen LogP contribution in [0.3, 0.4) is 0 Å². The number of hydrogen-bond acceptors (Lipinski definition) is 1. The minimum Gasteiger partial charge on any atom is -0.348 e. The van der Waals surface area contributed by atoms with E-state index in [4.69, 9.17) is 0 Å². The Kier molecular flexibility index (Phi) is 3.62. The third kappa shape index (κ3) is 2.81. The molecule has 2 heterocycles. The number of aromatic nitrogens is 2. The highest BCUT2D eigenvalue weighted by atomic mass is 19.1. The van der Waals surface area contributed by atoms with Gasteiger partial charge >= 0.3 is 0 Å². The van der Waals surface area contributed by atoms with Crippen LogP contribution in [-0.2, 0) is 6.54 Å². The molecule has 24 heavy (non-hydrogen) atoms. The lowest BCUT2D eigenvalue weighted by Crippen LogP contribution is -2.00. The van der Waals surface area contributed by atoms with Crippen LogP contribution in [0.15, 0.2) is 73.1 Å². The van der Waals surface area contributed by atoms with E-state index in [-0.39, 0.29) is 5.82 Å². The Morgan fingerprint density at radius 2 is 1.75 bits per heavy atom. The van der Waals surface area contributed by atoms with Crippen LogP contribution in [0.25, 0.3) is 22.5 Å². The molecule has 0 atom stereocenters. The summed E-state index contributed by atoms with van der Waals surface area (Å²) in [6.45, 7) is 2.87. The van der Waals surface area contributed by atoms with Crippen LogP contribution in [0.5, 0.6) is 0 Å². The van der Waals surface area contributed by atoms with Crippen molar-refractivity contribution in [3.05, 3.63) is 90.0 Å². The molecule has 2 aliphatic rings. The number of halogens is 1. The molecule has 0 amide bonds. The van der Waals surface area contributed by atoms with Gasteiger partial charge in [0.1, 0.15) is 5.82 Å². The summed E-state index contributed by atoms with van der Waals surface area (Å²) in [6.07, 6.45) is 4.05. The van der Waals surface area contributed by atoms with E-state index < -0.39 is 0 Å². The SMILES string of the molecule is Cc1ccc(Cn2ccc3cc(-c4ccccc4F)nc-3c2)cc1. The van der Waals surface area contributed by atoms with E-state index >= 15 is 0 Å². The normalized spacial score (nSPS) is 11.1. The quantitative estimate of drug-likeness (QED) is 0.511. The maximum atomic E-state index is 14.0. The summed E-state index contributed by atoms with van der Waals surface area (Å²) in [5.74, 6) is -0.243. The Bertz CT molecular complexity index is 954. The van der Waals surface area contributed by atoms with Gasteiger partial charge in [0.15, 0.2) is 0 Å². The van der Waals surface area contributed by atoms with Gasteiger partial charge in [-0.25, -0.2) is 9.37 Å². The first-order chi connectivity index (χ1) is 11.7. The first-order valence-electron chi connectivity index (χ1n) is 7.96. The fourth-order valence-electron chi connectivity index (χ4n) is 2.87. The zero-order chi connectivity index (χ0) is 16.5. The zero-order valence-electron chi connectivity index (χ0n) is 13.4. The predicted molar refractivity (Wildman–Crippen MR) is 94.5 cm³/mol. The Morgan fingerprint density at radius 3 is 2.54 bits per heavy atom. The van der Waals surface area contributed by atoms with E-state index in [1.54, 1.807) is 12.1 Å². The maximum Gasteiger partial charge on any atom is 0.132 e. The van der Waals surface area contributed by atoms with Gasteiger partial charge in [0.25, 0.3) is 0 Å². The molecule has 2 aromatic carbocycles. The van der Waals surface area contributed by atoms with Crippen molar-refractivity contribution in [1.29, 1.82) is 0 Å². The number of pyridine rings is 1. The average molecular weight is 316 g/mol. The second-order valence-electron chi connectivity index (χ2n) is 6.06. The van der Waals surface area contributed by atoms with Gasteiger partial charge in [0.2, 0.25) is 0 Å². The van der Waals surface area contributed by atoms with Crippen LogP contribution in [0.4, 0.5) is 4.39 Å². The molecule has 3 heteroatoms. The van der Waals surface area contributed by atoms with Crippen LogP contribution < -0.4 is 0 Å². The first-order valence-corrected chi connectivity index (χ1v) is 7.96. The predicted octanol–water partition coefficient (Wildman–Crippen LogP) is 5.15. The number of nitrogens with zero attached hydrogens (tertiary/aromatic N) is 2. The van der Waals surface area contributed by atoms with Crippen LogP contribution in [0.2, 0.25) is 0 Å². The van der Waals surface area contributed by atoms with Gasteiger partial charge in [0.05, 0.1) is 11.4 Å². The fraction of sp³-hybridized carbons (Fsp3) is 0.0952. The number of rotatable bonds is 3. The van der Waals surface area contributed by atoms with E-state index in [0.717, 1.165) is 17.8 Å². The molecular weight excluding hydrogens is 299 g/mol. The highest BCUT2D eigenvalue weighted by molar-refractivity contribution is 5.73. The van der Waals surface area contributed by atoms with E-state index in [9.17, 15) is 4.39 Å². The van der Waals surface area contributed by atoms with Crippen molar-refractivity contribution in [1.82, 2.24) is 9.55 Å². The lowest BCUT2D eigenvalue weighted by Gasteiger charge is -2.08. The Labute approximate surface area is 140 Å². The van der Waals surface area contributed by atoms with Crippen molar-refractivity contribution in [2.75, 3.05) is 0 Å². The molecule has 2 nitrogen and oxygen atoms in total. The van der Waals surface area contributed by atoms with Gasteiger partial charge in [0, 0.05) is 30.1 Å². The third-order valence-electron chi connectivity index (χ3n) is 4.20. The van der Waals surface area contributed by atoms with Gasteiger partial charge in [-0.1, -0.05) is 42.0 Å². The lowest BCUT2D eigenvalue weighted by molar-refractivity contribution is 0.631. The smallest absolute Gasteiger partial charge is 0.132 e. The summed E-state index contributed by atoms with van der Waals surface area (Å²) in [5.41, 5.74) is 5.61. The van der Waals surface area contributed by atoms with Crippen LogP contribution >= 0.6 is 0 Å². The molecule has 0 N–H and O–H groups in total. The fourth-order valence-corrected chi connectivity index (χ4v) is 2.87. The molecule has 0 saturated carbocycles. The molecule has 2 aromatic rings. The van der Waals surface area contributed by atoms with Gasteiger partial charge in [-0.2, -0.15) is 0 Å². The Morgan fingerprint density at radius 1 is 0.958 bits per heavy atom. The molecule has 0 aliphatic carbocycles. The molecule has 0 radical (unpaired) electrons. The van der Waals surface area contributed by atoms with Crippen molar-refractivity contribution >= 4 is 0 Å². The third-order valence-corrected chi connectivity index (χ3v) is 4.20. The monoisotopic (exact) mass is 316 g/mol. The molecule has 0 unspecified atom stereocenters. The topological polar surface area (TPSA) is 17.8 Å². The number of hydrogen-bond donors (Lipinski definition) is 0. The standard InChI is InChI=1S/C21H17FN2/c1-15-6-8-16(9-7-15)13-24-11-10-17-12-20(23-21(17)14-24)18-4-2-3-5-19(18)22/h2-12,14H,13H2,1H3. The van der Waals surface area contributed by atoms with Gasteiger partial charge in [-0.15, -0.1) is 0 Å². The molecule has 0 fully saturated rings. The highest BCUT2D eigenvalue weighted by Gasteiger charge is 2.13. The highest BCUT2D eigenvalue weighted by Crippen LogP contribution is 2.29. The van der Waals surface area contributed by atoms with Gasteiger partial charge < -0.3 is 4.57 Å². The molecule has 118 valence electrons. The minimum absolute atomic E-state index is 0.243. The maximum absolute atomic E-state index is 14.0. The van der Waals surface area contributed by atoms with E-state index in [1.165, 1.54) is 17.2 Å². The van der Waals surface area contributed by atoms with Crippen molar-refractivity contribution in [3.63, 3.8) is 0 Å². The first kappa shape index (κ1) is 14.6. The summed E-state index contributed by atoms with van der Waals surface area (Å²) in [4.78, 5) is 4.60. The van der Waals surface area contributed by atoms with Crippen LogP contribution in [0.1, 0.15) is 11.1 Å². The van der Waals surface area contributed by atoms with Crippen molar-refractivity contribution in [3.8, 4) is 22.5 Å². The van der Waals surface area contributed by atoms with E-state index in [2.05, 4.69) is 40.7 Å². The summed E-state index contributed by atoms with van der Waals surface area (Å²) >= 11 is 0. The zero-order valence-corrected chi connectivity index (χ0v) is 13.4. The van der Waals surface area contributed by atoms with Crippen LogP contribution in [-0.4, -0.2) is 9.55 Å². The second kappa shape index (κ2) is 5.93. The largest absolute Gasteiger partial charge is 0.348 e. The summed E-state index contributed by atoms with van der Waals surface area (Å²) in [7, 11) is 0. The van der Waals surface area contributed by atoms with Crippen molar-refractivity contribution in [2.45, 2.75) is 13.5 Å². The number of fused-ring (bicyclic) bond motifs is 1. The summed E-state index contributed by atoms with van der Waals surface area (Å²) in [5, 5.41) is 0. The molecule has 0 bridgehead atoms. The lowest BCUT2D eigenvalue weighted by atomic mass is 10.1. The summed E-state index contributed by atoms with van der Waals surface area (Å²) in [6, 6.07) is 19.2. The second-order valence-corrected chi connectivity index (χ2v) is 6.06. The van der Waals surface area contributed by atoms with Crippen molar-refractivity contribution in [2.24, 2.45) is 0 Å². The molecule has 0 saturated heterocycles. The van der Waals surface area contributed by atoms with Crippen molar-refractivity contribution < 1.29 is 4.39 Å². The Hall–Kier alpha value is -2.94. The average Bonchev–Trinajstić information content (AvgIpc) is 3.00. The van der Waals surface area contributed by atoms with E-state index in [1.807, 2.05) is 30.6 Å². The number of aryl methyl sites for hydroxylation is 1. The molecule has 4 rings (SSSR count). The molecule has 2 aliphatic heterocycles. The van der Waals surface area contributed by atoms with Crippen LogP contribution in [0, 0.1) is 12.7 Å². The van der Waals surface area contributed by atoms with E-state index in [0.29, 0.717) is 11.3 Å². The minimum atomic E-state index is -0.243. The molecule has 0 spiro atoms. The van der Waals surface area contributed by atoms with Gasteiger partial charge in [-0.3, -0.25) is 0 Å².